The third-order valence-corrected chi connectivity index (χ3v) is 4.78. The molecule has 0 fully saturated rings. The minimum Gasteiger partial charge on any atom is -0.497 e. The average Bonchev–Trinajstić information content (AvgIpc) is 3.16. The number of carbonyl (C=O) groups is 2. The van der Waals surface area contributed by atoms with Crippen molar-refractivity contribution in [1.82, 2.24) is 9.97 Å². The number of hydrogen-bond acceptors (Lipinski definition) is 7. The fraction of sp³-hybridized carbons (Fsp3) is 0.200. The fourth-order valence-corrected chi connectivity index (χ4v) is 3.25. The Morgan fingerprint density at radius 1 is 1.19 bits per heavy atom. The molecule has 0 aliphatic rings. The summed E-state index contributed by atoms with van der Waals surface area (Å²) in [5.74, 6) is -0.100. The minimum absolute atomic E-state index is 0.0109. The van der Waals surface area contributed by atoms with Gasteiger partial charge in [0.05, 0.1) is 19.2 Å². The largest absolute Gasteiger partial charge is 0.497 e. The van der Waals surface area contributed by atoms with E-state index in [4.69, 9.17) is 9.47 Å². The number of esters is 1. The highest BCUT2D eigenvalue weighted by Gasteiger charge is 2.20. The lowest BCUT2D eigenvalue weighted by molar-refractivity contribution is -0.145. The molecule has 3 aromatic rings. The lowest BCUT2D eigenvalue weighted by Crippen LogP contribution is -2.25. The number of ketones is 1. The van der Waals surface area contributed by atoms with E-state index < -0.39 is 12.1 Å². The molecule has 6 nitrogen and oxygen atoms in total. The highest BCUT2D eigenvalue weighted by molar-refractivity contribution is 7.13. The van der Waals surface area contributed by atoms with Gasteiger partial charge in [-0.25, -0.2) is 4.98 Å². The van der Waals surface area contributed by atoms with Crippen LogP contribution in [0.25, 0.3) is 10.6 Å². The molecule has 0 aliphatic carbocycles. The van der Waals surface area contributed by atoms with Gasteiger partial charge in [0.25, 0.3) is 0 Å². The molecule has 7 heteroatoms. The summed E-state index contributed by atoms with van der Waals surface area (Å²) in [7, 11) is 1.55. The third-order valence-electron chi connectivity index (χ3n) is 3.84. The number of rotatable bonds is 7. The molecule has 0 radical (unpaired) electrons. The van der Waals surface area contributed by atoms with Gasteiger partial charge in [-0.15, -0.1) is 11.3 Å². The maximum Gasteiger partial charge on any atom is 0.312 e. The van der Waals surface area contributed by atoms with E-state index in [0.29, 0.717) is 17.0 Å². The summed E-state index contributed by atoms with van der Waals surface area (Å²) in [5.41, 5.74) is 1.96. The number of ether oxygens (including phenoxy) is 2. The molecule has 1 atom stereocenters. The molecule has 0 saturated carbocycles. The number of Topliss-reactive ketones (excluding diaryl/α,β-unsaturated/α-hetero) is 1. The van der Waals surface area contributed by atoms with Crippen LogP contribution in [0.3, 0.4) is 0 Å². The van der Waals surface area contributed by atoms with Crippen LogP contribution in [0.4, 0.5) is 0 Å². The van der Waals surface area contributed by atoms with Crippen molar-refractivity contribution in [2.24, 2.45) is 0 Å². The Balaban J connectivity index is 1.58. The molecule has 2 heterocycles. The summed E-state index contributed by atoms with van der Waals surface area (Å²) in [6.45, 7) is 1.56. The van der Waals surface area contributed by atoms with Gasteiger partial charge in [-0.1, -0.05) is 0 Å². The van der Waals surface area contributed by atoms with Crippen molar-refractivity contribution in [3.05, 3.63) is 65.4 Å². The second-order valence-corrected chi connectivity index (χ2v) is 6.65. The molecule has 0 bridgehead atoms. The van der Waals surface area contributed by atoms with E-state index in [1.807, 2.05) is 12.1 Å². The van der Waals surface area contributed by atoms with Gasteiger partial charge in [0.15, 0.2) is 6.10 Å². The second-order valence-electron chi connectivity index (χ2n) is 5.79. The summed E-state index contributed by atoms with van der Waals surface area (Å²) in [4.78, 5) is 33.0. The predicted molar refractivity (Wildman–Crippen MR) is 102 cm³/mol. The maximum absolute atomic E-state index is 12.4. The van der Waals surface area contributed by atoms with Gasteiger partial charge in [-0.3, -0.25) is 14.6 Å². The van der Waals surface area contributed by atoms with Crippen LogP contribution in [0, 0.1) is 0 Å². The van der Waals surface area contributed by atoms with E-state index in [2.05, 4.69) is 9.97 Å². The number of hydrogen-bond donors (Lipinski definition) is 0. The third kappa shape index (κ3) is 4.77. The Kier molecular flexibility index (Phi) is 5.93. The minimum atomic E-state index is -0.873. The molecule has 27 heavy (non-hydrogen) atoms. The molecule has 3 rings (SSSR count). The van der Waals surface area contributed by atoms with Crippen molar-refractivity contribution in [2.45, 2.75) is 19.4 Å². The van der Waals surface area contributed by atoms with Crippen LogP contribution in [0.5, 0.6) is 5.75 Å². The average molecular weight is 382 g/mol. The highest BCUT2D eigenvalue weighted by atomic mass is 32.1. The second kappa shape index (κ2) is 8.55. The van der Waals surface area contributed by atoms with Crippen LogP contribution in [-0.2, 0) is 16.0 Å². The van der Waals surface area contributed by atoms with Gasteiger partial charge >= 0.3 is 5.97 Å². The number of nitrogens with zero attached hydrogens (tertiary/aromatic N) is 2. The first-order valence-corrected chi connectivity index (χ1v) is 9.17. The van der Waals surface area contributed by atoms with Crippen LogP contribution >= 0.6 is 11.3 Å². The number of carbonyl (C=O) groups excluding carboxylic acids is 2. The smallest absolute Gasteiger partial charge is 0.312 e. The standard InChI is InChI=1S/C20H18N2O4S/c1-13(19(24)14-5-7-17(25-2)8-6-14)26-18(23)10-16-12-27-20(22-16)15-4-3-9-21-11-15/h3-9,11-13H,10H2,1-2H3/t13-/m1/s1. The number of thiazole rings is 1. The summed E-state index contributed by atoms with van der Waals surface area (Å²) in [6, 6.07) is 10.4. The van der Waals surface area contributed by atoms with Crippen molar-refractivity contribution >= 4 is 23.1 Å². The van der Waals surface area contributed by atoms with Crippen molar-refractivity contribution < 1.29 is 19.1 Å². The normalized spacial score (nSPS) is 11.6. The van der Waals surface area contributed by atoms with Gasteiger partial charge in [0.1, 0.15) is 10.8 Å². The van der Waals surface area contributed by atoms with Gasteiger partial charge < -0.3 is 9.47 Å². The van der Waals surface area contributed by atoms with E-state index in [1.165, 1.54) is 11.3 Å². The Hall–Kier alpha value is -3.06. The summed E-state index contributed by atoms with van der Waals surface area (Å²) in [6.07, 6.45) is 2.55. The number of methoxy groups -OCH3 is 1. The molecule has 0 saturated heterocycles. The lowest BCUT2D eigenvalue weighted by Gasteiger charge is -2.12. The van der Waals surface area contributed by atoms with Crippen molar-refractivity contribution in [2.75, 3.05) is 7.11 Å². The van der Waals surface area contributed by atoms with E-state index in [-0.39, 0.29) is 12.2 Å². The van der Waals surface area contributed by atoms with E-state index >= 15 is 0 Å². The Labute approximate surface area is 160 Å². The van der Waals surface area contributed by atoms with Gasteiger partial charge in [0, 0.05) is 28.9 Å². The SMILES string of the molecule is COc1ccc(C(=O)[C@@H](C)OC(=O)Cc2csc(-c3cccnc3)n2)cc1. The fourth-order valence-electron chi connectivity index (χ4n) is 2.44. The van der Waals surface area contributed by atoms with Gasteiger partial charge in [-0.05, 0) is 43.3 Å². The molecule has 1 aromatic carbocycles. The zero-order chi connectivity index (χ0) is 19.2. The van der Waals surface area contributed by atoms with E-state index in [9.17, 15) is 9.59 Å². The van der Waals surface area contributed by atoms with E-state index in [1.54, 1.807) is 56.1 Å². The van der Waals surface area contributed by atoms with E-state index in [0.717, 1.165) is 10.6 Å². The molecule has 138 valence electrons. The Bertz CT molecular complexity index is 923. The van der Waals surface area contributed by atoms with Gasteiger partial charge in [0.2, 0.25) is 5.78 Å². The maximum atomic E-state index is 12.4. The number of aromatic nitrogens is 2. The quantitative estimate of drug-likeness (QED) is 0.459. The van der Waals surface area contributed by atoms with Crippen molar-refractivity contribution in [3.63, 3.8) is 0 Å². The summed E-state index contributed by atoms with van der Waals surface area (Å²) in [5, 5.41) is 2.59. The van der Waals surface area contributed by atoms with Crippen LogP contribution in [0.15, 0.2) is 54.2 Å². The molecule has 0 unspecified atom stereocenters. The highest BCUT2D eigenvalue weighted by Crippen LogP contribution is 2.23. The van der Waals surface area contributed by atoms with Crippen molar-refractivity contribution in [3.8, 4) is 16.3 Å². The molecular formula is C20H18N2O4S. The number of pyridine rings is 1. The molecule has 0 N–H and O–H groups in total. The Morgan fingerprint density at radius 3 is 2.63 bits per heavy atom. The summed E-state index contributed by atoms with van der Waals surface area (Å²) >= 11 is 1.43. The van der Waals surface area contributed by atoms with Crippen LogP contribution in [0.2, 0.25) is 0 Å². The van der Waals surface area contributed by atoms with Crippen LogP contribution in [0.1, 0.15) is 23.0 Å². The number of benzene rings is 1. The summed E-state index contributed by atoms with van der Waals surface area (Å²) < 4.78 is 10.3. The predicted octanol–water partition coefficient (Wildman–Crippen LogP) is 3.57. The van der Waals surface area contributed by atoms with Gasteiger partial charge in [-0.2, -0.15) is 0 Å². The monoisotopic (exact) mass is 382 g/mol. The Morgan fingerprint density at radius 2 is 1.96 bits per heavy atom. The van der Waals surface area contributed by atoms with Crippen LogP contribution in [-0.4, -0.2) is 34.9 Å². The molecule has 0 amide bonds. The van der Waals surface area contributed by atoms with Crippen molar-refractivity contribution in [1.29, 1.82) is 0 Å². The first-order chi connectivity index (χ1) is 13.1. The first-order valence-electron chi connectivity index (χ1n) is 8.29. The first kappa shape index (κ1) is 18.7. The zero-order valence-electron chi connectivity index (χ0n) is 14.9. The lowest BCUT2D eigenvalue weighted by atomic mass is 10.1. The molecule has 0 aliphatic heterocycles. The van der Waals surface area contributed by atoms with Crippen LogP contribution < -0.4 is 4.74 Å². The zero-order valence-corrected chi connectivity index (χ0v) is 15.7. The molecule has 2 aromatic heterocycles. The molecular weight excluding hydrogens is 364 g/mol. The topological polar surface area (TPSA) is 78.4 Å². The molecule has 0 spiro atoms.